The van der Waals surface area contributed by atoms with Gasteiger partial charge in [0.05, 0.1) is 5.56 Å². The zero-order valence-corrected chi connectivity index (χ0v) is 8.59. The summed E-state index contributed by atoms with van der Waals surface area (Å²) in [6.07, 6.45) is 3.04. The minimum atomic E-state index is -0.877. The molecule has 0 atom stereocenters. The van der Waals surface area contributed by atoms with Gasteiger partial charge in [-0.25, -0.2) is 13.8 Å². The molecule has 0 bridgehead atoms. The van der Waals surface area contributed by atoms with Gasteiger partial charge in [0.25, 0.3) is 0 Å². The van der Waals surface area contributed by atoms with Gasteiger partial charge in [-0.2, -0.15) is 0 Å². The highest BCUT2D eigenvalue weighted by atomic mass is 19.2. The average molecular weight is 210 g/mol. The van der Waals surface area contributed by atoms with Gasteiger partial charge in [-0.3, -0.25) is 0 Å². The van der Waals surface area contributed by atoms with Gasteiger partial charge in [-0.15, -0.1) is 0 Å². The summed E-state index contributed by atoms with van der Waals surface area (Å²) in [5.74, 6) is -1.41. The number of hydrogen-bond donors (Lipinski definition) is 1. The van der Waals surface area contributed by atoms with Crippen LogP contribution in [0.2, 0.25) is 0 Å². The molecule has 0 spiro atoms. The molecule has 0 saturated heterocycles. The van der Waals surface area contributed by atoms with E-state index in [0.717, 1.165) is 6.07 Å². The Labute approximate surface area is 87.0 Å². The maximum Gasteiger partial charge on any atom is 0.169 e. The summed E-state index contributed by atoms with van der Waals surface area (Å²) in [7, 11) is 0. The van der Waals surface area contributed by atoms with Crippen molar-refractivity contribution in [3.05, 3.63) is 42.2 Å². The third-order valence-corrected chi connectivity index (χ3v) is 1.70. The molecule has 2 aromatic rings. The lowest BCUT2D eigenvalue weighted by molar-refractivity contribution is 0.510. The van der Waals surface area contributed by atoms with Crippen molar-refractivity contribution in [2.75, 3.05) is 0 Å². The van der Waals surface area contributed by atoms with Crippen LogP contribution in [0, 0.1) is 11.6 Å². The third kappa shape index (κ3) is 2.40. The molecule has 1 N–H and O–H groups in total. The first-order valence-corrected chi connectivity index (χ1v) is 4.73. The van der Waals surface area contributed by atoms with Crippen molar-refractivity contribution in [2.45, 2.75) is 13.8 Å². The molecule has 0 amide bonds. The molecule has 4 heteroatoms. The van der Waals surface area contributed by atoms with Crippen LogP contribution in [-0.4, -0.2) is 9.97 Å². The van der Waals surface area contributed by atoms with Crippen LogP contribution in [0.25, 0.3) is 11.4 Å². The molecule has 1 aromatic carbocycles. The highest BCUT2D eigenvalue weighted by molar-refractivity contribution is 5.55. The normalized spacial score (nSPS) is 9.33. The minimum absolute atomic E-state index is 0.144. The van der Waals surface area contributed by atoms with Gasteiger partial charge >= 0.3 is 0 Å². The van der Waals surface area contributed by atoms with Gasteiger partial charge in [0.1, 0.15) is 5.82 Å². The first-order valence-electron chi connectivity index (χ1n) is 4.73. The molecule has 1 heterocycles. The van der Waals surface area contributed by atoms with Crippen LogP contribution < -0.4 is 0 Å². The van der Waals surface area contributed by atoms with Crippen LogP contribution in [0.1, 0.15) is 13.8 Å². The predicted molar refractivity (Wildman–Crippen MR) is 55.3 cm³/mol. The van der Waals surface area contributed by atoms with Gasteiger partial charge in [-0.05, 0) is 12.1 Å². The smallest absolute Gasteiger partial charge is 0.169 e. The van der Waals surface area contributed by atoms with E-state index in [2.05, 4.69) is 9.97 Å². The highest BCUT2D eigenvalue weighted by Gasteiger charge is 2.10. The summed E-state index contributed by atoms with van der Waals surface area (Å²) in [5, 5.41) is 0. The largest absolute Gasteiger partial charge is 0.345 e. The summed E-state index contributed by atoms with van der Waals surface area (Å²) in [6, 6.07) is 3.98. The number of benzene rings is 1. The quantitative estimate of drug-likeness (QED) is 0.767. The number of halogens is 2. The van der Waals surface area contributed by atoms with Crippen LogP contribution in [0.3, 0.4) is 0 Å². The Bertz CT molecular complexity index is 411. The second-order valence-corrected chi connectivity index (χ2v) is 2.54. The number of imidazole rings is 1. The Balaban J connectivity index is 0.000000531. The van der Waals surface area contributed by atoms with E-state index in [1.807, 2.05) is 13.8 Å². The van der Waals surface area contributed by atoms with Crippen molar-refractivity contribution >= 4 is 0 Å². The van der Waals surface area contributed by atoms with Crippen LogP contribution in [-0.2, 0) is 0 Å². The topological polar surface area (TPSA) is 28.7 Å². The lowest BCUT2D eigenvalue weighted by Crippen LogP contribution is -1.90. The van der Waals surface area contributed by atoms with E-state index in [9.17, 15) is 8.78 Å². The lowest BCUT2D eigenvalue weighted by atomic mass is 10.2. The maximum absolute atomic E-state index is 13.1. The molecule has 0 fully saturated rings. The monoisotopic (exact) mass is 210 g/mol. The maximum atomic E-state index is 13.1. The van der Waals surface area contributed by atoms with E-state index in [0.29, 0.717) is 5.82 Å². The Morgan fingerprint density at radius 2 is 1.93 bits per heavy atom. The molecule has 15 heavy (non-hydrogen) atoms. The van der Waals surface area contributed by atoms with E-state index < -0.39 is 11.6 Å². The lowest BCUT2D eigenvalue weighted by Gasteiger charge is -1.98. The van der Waals surface area contributed by atoms with Gasteiger partial charge in [0, 0.05) is 12.4 Å². The molecule has 0 radical (unpaired) electrons. The molecule has 2 rings (SSSR count). The minimum Gasteiger partial charge on any atom is -0.345 e. The van der Waals surface area contributed by atoms with Crippen molar-refractivity contribution in [2.24, 2.45) is 0 Å². The molecule has 80 valence electrons. The molecule has 0 aliphatic heterocycles. The van der Waals surface area contributed by atoms with Gasteiger partial charge < -0.3 is 4.98 Å². The van der Waals surface area contributed by atoms with E-state index in [1.165, 1.54) is 18.3 Å². The van der Waals surface area contributed by atoms with Crippen LogP contribution in [0.5, 0.6) is 0 Å². The van der Waals surface area contributed by atoms with Crippen LogP contribution in [0.15, 0.2) is 30.6 Å². The number of nitrogens with one attached hydrogen (secondary N) is 1. The Morgan fingerprint density at radius 1 is 1.20 bits per heavy atom. The third-order valence-electron chi connectivity index (χ3n) is 1.70. The molecular weight excluding hydrogens is 198 g/mol. The summed E-state index contributed by atoms with van der Waals surface area (Å²) in [6.45, 7) is 4.00. The van der Waals surface area contributed by atoms with Crippen molar-refractivity contribution in [3.8, 4) is 11.4 Å². The molecule has 0 unspecified atom stereocenters. The van der Waals surface area contributed by atoms with E-state index in [1.54, 1.807) is 6.20 Å². The van der Waals surface area contributed by atoms with E-state index >= 15 is 0 Å². The Hall–Kier alpha value is -1.71. The van der Waals surface area contributed by atoms with Crippen LogP contribution in [0.4, 0.5) is 8.78 Å². The summed E-state index contributed by atoms with van der Waals surface area (Å²) < 4.78 is 25.9. The van der Waals surface area contributed by atoms with Crippen LogP contribution >= 0.6 is 0 Å². The number of rotatable bonds is 1. The molecule has 2 nitrogen and oxygen atoms in total. The van der Waals surface area contributed by atoms with E-state index in [-0.39, 0.29) is 5.56 Å². The Kier molecular flexibility index (Phi) is 3.97. The van der Waals surface area contributed by atoms with Gasteiger partial charge in [0.15, 0.2) is 11.6 Å². The standard InChI is InChI=1S/C9H6F2N2.C2H6/c10-7-3-1-2-6(8(7)11)9-12-4-5-13-9;1-2/h1-5H,(H,12,13);1-2H3. The van der Waals surface area contributed by atoms with Crippen molar-refractivity contribution < 1.29 is 8.78 Å². The second-order valence-electron chi connectivity index (χ2n) is 2.54. The fourth-order valence-electron chi connectivity index (χ4n) is 1.10. The molecular formula is C11H12F2N2. The SMILES string of the molecule is CC.Fc1cccc(-c2ncc[nH]2)c1F. The molecule has 0 aliphatic carbocycles. The average Bonchev–Trinajstić information content (AvgIpc) is 2.78. The fourth-order valence-corrected chi connectivity index (χ4v) is 1.10. The second kappa shape index (κ2) is 5.24. The van der Waals surface area contributed by atoms with E-state index in [4.69, 9.17) is 0 Å². The van der Waals surface area contributed by atoms with Crippen molar-refractivity contribution in [1.29, 1.82) is 0 Å². The number of hydrogen-bond acceptors (Lipinski definition) is 1. The highest BCUT2D eigenvalue weighted by Crippen LogP contribution is 2.20. The first kappa shape index (κ1) is 11.4. The number of aromatic amines is 1. The number of H-pyrrole nitrogens is 1. The zero-order chi connectivity index (χ0) is 11.3. The molecule has 1 aromatic heterocycles. The predicted octanol–water partition coefficient (Wildman–Crippen LogP) is 3.38. The zero-order valence-electron chi connectivity index (χ0n) is 8.59. The molecule has 0 aliphatic rings. The van der Waals surface area contributed by atoms with Gasteiger partial charge in [0.2, 0.25) is 0 Å². The Morgan fingerprint density at radius 3 is 2.53 bits per heavy atom. The van der Waals surface area contributed by atoms with Gasteiger partial charge in [-0.1, -0.05) is 19.9 Å². The first-order chi connectivity index (χ1) is 7.29. The summed E-state index contributed by atoms with van der Waals surface area (Å²) >= 11 is 0. The van der Waals surface area contributed by atoms with Crippen molar-refractivity contribution in [3.63, 3.8) is 0 Å². The molecule has 0 saturated carbocycles. The fraction of sp³-hybridized carbons (Fsp3) is 0.182. The van der Waals surface area contributed by atoms with Crippen molar-refractivity contribution in [1.82, 2.24) is 9.97 Å². The number of nitrogens with zero attached hydrogens (tertiary/aromatic N) is 1. The summed E-state index contributed by atoms with van der Waals surface area (Å²) in [4.78, 5) is 6.53. The number of aromatic nitrogens is 2. The summed E-state index contributed by atoms with van der Waals surface area (Å²) in [5.41, 5.74) is 0.144.